The van der Waals surface area contributed by atoms with Gasteiger partial charge >= 0.3 is 0 Å². The summed E-state index contributed by atoms with van der Waals surface area (Å²) in [7, 11) is -1.06. The summed E-state index contributed by atoms with van der Waals surface area (Å²) in [5.74, 6) is 0.541. The Morgan fingerprint density at radius 2 is 1.70 bits per heavy atom. The standard InChI is InChI=1S/C20H20N2O7S/c1-28-18-9-12-7-15-8-13(17(12)11-19(18)29-2)10-20(23)21(15)30(26,27)16-5-3-14(4-6-16)22(24)25/h3-6,9,11,13,15H,7-8,10H2,1-2H3/t13-,15+/m0/s1. The van der Waals surface area contributed by atoms with E-state index in [1.54, 1.807) is 7.11 Å². The lowest BCUT2D eigenvalue weighted by atomic mass is 9.76. The Hall–Kier alpha value is -3.14. The third kappa shape index (κ3) is 3.17. The van der Waals surface area contributed by atoms with Crippen LogP contribution in [0.15, 0.2) is 41.3 Å². The zero-order chi connectivity index (χ0) is 21.6. The molecule has 1 aliphatic carbocycles. The minimum absolute atomic E-state index is 0.0607. The first-order chi connectivity index (χ1) is 14.3. The number of carbonyl (C=O) groups excluding carboxylic acids is 1. The van der Waals surface area contributed by atoms with Crippen LogP contribution in [-0.2, 0) is 21.2 Å². The minimum atomic E-state index is -4.13. The van der Waals surface area contributed by atoms with Gasteiger partial charge < -0.3 is 9.47 Å². The Morgan fingerprint density at radius 3 is 2.30 bits per heavy atom. The van der Waals surface area contributed by atoms with Crippen LogP contribution in [0.25, 0.3) is 0 Å². The van der Waals surface area contributed by atoms with Gasteiger partial charge in [-0.15, -0.1) is 0 Å². The number of ether oxygens (including phenoxy) is 2. The lowest BCUT2D eigenvalue weighted by molar-refractivity contribution is -0.384. The average Bonchev–Trinajstić information content (AvgIpc) is 2.72. The van der Waals surface area contributed by atoms with Gasteiger partial charge in [-0.2, -0.15) is 0 Å². The molecule has 2 aliphatic rings. The Bertz CT molecular complexity index is 1130. The number of rotatable bonds is 5. The minimum Gasteiger partial charge on any atom is -0.493 e. The fourth-order valence-corrected chi connectivity index (χ4v) is 5.95. The Kier molecular flexibility index (Phi) is 4.89. The van der Waals surface area contributed by atoms with Crippen molar-refractivity contribution in [2.24, 2.45) is 0 Å². The lowest BCUT2D eigenvalue weighted by Crippen LogP contribution is -2.51. The fourth-order valence-electron chi connectivity index (χ4n) is 4.35. The van der Waals surface area contributed by atoms with Crippen LogP contribution in [0.5, 0.6) is 11.5 Å². The van der Waals surface area contributed by atoms with Crippen LogP contribution >= 0.6 is 0 Å². The van der Waals surface area contributed by atoms with E-state index < -0.39 is 26.9 Å². The first-order valence-electron chi connectivity index (χ1n) is 9.32. The number of nitro benzene ring substituents is 1. The normalized spacial score (nSPS) is 20.5. The highest BCUT2D eigenvalue weighted by Gasteiger charge is 2.45. The highest BCUT2D eigenvalue weighted by molar-refractivity contribution is 7.89. The number of hydrogen-bond donors (Lipinski definition) is 0. The van der Waals surface area contributed by atoms with E-state index in [4.69, 9.17) is 9.47 Å². The fraction of sp³-hybridized carbons (Fsp3) is 0.350. The zero-order valence-corrected chi connectivity index (χ0v) is 17.2. The van der Waals surface area contributed by atoms with Crippen LogP contribution in [-0.4, -0.2) is 43.8 Å². The molecule has 9 nitrogen and oxygen atoms in total. The molecule has 0 radical (unpaired) electrons. The number of fused-ring (bicyclic) bond motifs is 4. The highest BCUT2D eigenvalue weighted by atomic mass is 32.2. The topological polar surface area (TPSA) is 116 Å². The molecule has 158 valence electrons. The number of piperidine rings is 1. The molecule has 1 saturated heterocycles. The average molecular weight is 432 g/mol. The van der Waals surface area contributed by atoms with Crippen molar-refractivity contribution in [1.82, 2.24) is 4.31 Å². The van der Waals surface area contributed by atoms with Gasteiger partial charge in [0.1, 0.15) is 0 Å². The molecule has 0 unspecified atom stereocenters. The molecule has 0 N–H and O–H groups in total. The smallest absolute Gasteiger partial charge is 0.269 e. The molecule has 1 fully saturated rings. The van der Waals surface area contributed by atoms with Crippen LogP contribution in [0.1, 0.15) is 29.9 Å². The largest absolute Gasteiger partial charge is 0.493 e. The number of non-ortho nitro benzene ring substituents is 1. The van der Waals surface area contributed by atoms with Crippen molar-refractivity contribution in [2.75, 3.05) is 14.2 Å². The third-order valence-corrected chi connectivity index (χ3v) is 7.59. The Balaban J connectivity index is 1.71. The van der Waals surface area contributed by atoms with Crippen molar-refractivity contribution in [3.05, 3.63) is 57.6 Å². The number of nitrogens with zero attached hydrogens (tertiary/aromatic N) is 2. The van der Waals surface area contributed by atoms with E-state index in [0.29, 0.717) is 24.3 Å². The van der Waals surface area contributed by atoms with Crippen molar-refractivity contribution in [3.63, 3.8) is 0 Å². The van der Waals surface area contributed by atoms with E-state index in [1.807, 2.05) is 12.1 Å². The second-order valence-electron chi connectivity index (χ2n) is 7.35. The molecule has 1 heterocycles. The molecule has 0 aromatic heterocycles. The molecule has 2 aromatic rings. The van der Waals surface area contributed by atoms with E-state index in [0.717, 1.165) is 39.7 Å². The summed E-state index contributed by atoms with van der Waals surface area (Å²) < 4.78 is 38.1. The van der Waals surface area contributed by atoms with Gasteiger partial charge in [0.15, 0.2) is 11.5 Å². The van der Waals surface area contributed by atoms with Crippen LogP contribution < -0.4 is 9.47 Å². The van der Waals surface area contributed by atoms with Crippen molar-refractivity contribution in [3.8, 4) is 11.5 Å². The molecular formula is C20H20N2O7S. The van der Waals surface area contributed by atoms with E-state index in [-0.39, 0.29) is 22.9 Å². The van der Waals surface area contributed by atoms with Gasteiger partial charge in [-0.1, -0.05) is 0 Å². The van der Waals surface area contributed by atoms with E-state index in [9.17, 15) is 23.3 Å². The summed E-state index contributed by atoms with van der Waals surface area (Å²) in [5, 5.41) is 10.8. The second kappa shape index (κ2) is 7.28. The molecule has 10 heteroatoms. The molecule has 30 heavy (non-hydrogen) atoms. The first kappa shape index (κ1) is 20.1. The number of hydrogen-bond acceptors (Lipinski definition) is 7. The Morgan fingerprint density at radius 1 is 1.07 bits per heavy atom. The van der Waals surface area contributed by atoms with Gasteiger partial charge in [-0.3, -0.25) is 14.9 Å². The van der Waals surface area contributed by atoms with Crippen molar-refractivity contribution in [1.29, 1.82) is 0 Å². The lowest BCUT2D eigenvalue weighted by Gasteiger charge is -2.42. The molecule has 2 bridgehead atoms. The van der Waals surface area contributed by atoms with Gasteiger partial charge in [0, 0.05) is 18.6 Å². The highest BCUT2D eigenvalue weighted by Crippen LogP contribution is 2.45. The first-order valence-corrected chi connectivity index (χ1v) is 10.8. The summed E-state index contributed by atoms with van der Waals surface area (Å²) in [6, 6.07) is 7.74. The summed E-state index contributed by atoms with van der Waals surface area (Å²) in [5.41, 5.74) is 1.68. The Labute approximate surface area is 173 Å². The molecule has 2 aromatic carbocycles. The number of methoxy groups -OCH3 is 2. The van der Waals surface area contributed by atoms with Gasteiger partial charge in [0.2, 0.25) is 5.91 Å². The van der Waals surface area contributed by atoms with Crippen molar-refractivity contribution in [2.45, 2.75) is 36.1 Å². The van der Waals surface area contributed by atoms with Gasteiger partial charge in [0.25, 0.3) is 15.7 Å². The number of nitro groups is 1. The number of amides is 1. The van der Waals surface area contributed by atoms with Gasteiger partial charge in [0.05, 0.1) is 30.1 Å². The van der Waals surface area contributed by atoms with Crippen molar-refractivity contribution >= 4 is 21.6 Å². The van der Waals surface area contributed by atoms with Crippen molar-refractivity contribution < 1.29 is 27.6 Å². The maximum atomic E-state index is 13.2. The monoisotopic (exact) mass is 432 g/mol. The van der Waals surface area contributed by atoms with Gasteiger partial charge in [-0.25, -0.2) is 12.7 Å². The maximum Gasteiger partial charge on any atom is 0.269 e. The molecule has 1 aliphatic heterocycles. The van der Waals surface area contributed by atoms with Crippen LogP contribution in [0.2, 0.25) is 0 Å². The molecular weight excluding hydrogens is 412 g/mol. The number of carbonyl (C=O) groups is 1. The molecule has 0 saturated carbocycles. The van der Waals surface area contributed by atoms with Crippen LogP contribution in [0, 0.1) is 10.1 Å². The molecule has 0 spiro atoms. The molecule has 1 amide bonds. The van der Waals surface area contributed by atoms with Crippen LogP contribution in [0.4, 0.5) is 5.69 Å². The number of sulfonamides is 1. The van der Waals surface area contributed by atoms with E-state index in [1.165, 1.54) is 7.11 Å². The van der Waals surface area contributed by atoms with Crippen LogP contribution in [0.3, 0.4) is 0 Å². The quantitative estimate of drug-likeness (QED) is 0.527. The van der Waals surface area contributed by atoms with Gasteiger partial charge in [-0.05, 0) is 54.2 Å². The summed E-state index contributed by atoms with van der Waals surface area (Å²) in [6.07, 6.45) is 0.940. The zero-order valence-electron chi connectivity index (χ0n) is 16.4. The third-order valence-electron chi connectivity index (χ3n) is 5.70. The molecule has 4 rings (SSSR count). The number of benzene rings is 2. The maximum absolute atomic E-state index is 13.2. The SMILES string of the molecule is COc1cc2c(cc1OC)[C@@H]1CC(=O)N(S(=O)(=O)c3ccc([N+](=O)[O-])cc3)[C@H](C2)C1. The summed E-state index contributed by atoms with van der Waals surface area (Å²) in [4.78, 5) is 23.0. The summed E-state index contributed by atoms with van der Waals surface area (Å²) >= 11 is 0. The predicted octanol–water partition coefficient (Wildman–Crippen LogP) is 2.63. The summed E-state index contributed by atoms with van der Waals surface area (Å²) in [6.45, 7) is 0. The van der Waals surface area contributed by atoms with E-state index >= 15 is 0 Å². The van der Waals surface area contributed by atoms with E-state index in [2.05, 4.69) is 0 Å². The predicted molar refractivity (Wildman–Crippen MR) is 106 cm³/mol. The molecule has 2 atom stereocenters. The second-order valence-corrected chi connectivity index (χ2v) is 9.16.